The summed E-state index contributed by atoms with van der Waals surface area (Å²) in [6, 6.07) is 8.64. The van der Waals surface area contributed by atoms with Gasteiger partial charge in [-0.15, -0.1) is 0 Å². The van der Waals surface area contributed by atoms with E-state index in [0.29, 0.717) is 50.3 Å². The Bertz CT molecular complexity index is 860. The molecule has 1 saturated heterocycles. The average molecular weight is 353 g/mol. The fraction of sp³-hybridized carbons (Fsp3) is 0.316. The Morgan fingerprint density at radius 2 is 1.77 bits per heavy atom. The van der Waals surface area contributed by atoms with Gasteiger partial charge in [0.15, 0.2) is 5.76 Å². The number of nitrogens with zero attached hydrogens (tertiary/aromatic N) is 2. The summed E-state index contributed by atoms with van der Waals surface area (Å²) in [6.45, 7) is 2.12. The third-order valence-electron chi connectivity index (χ3n) is 4.78. The lowest BCUT2D eigenvalue weighted by molar-refractivity contribution is -0.115. The lowest BCUT2D eigenvalue weighted by atomic mass is 10.1. The monoisotopic (exact) mass is 353 g/mol. The van der Waals surface area contributed by atoms with Crippen LogP contribution in [0.5, 0.6) is 0 Å². The van der Waals surface area contributed by atoms with Crippen LogP contribution in [0.1, 0.15) is 32.9 Å². The highest BCUT2D eigenvalue weighted by molar-refractivity contribution is 6.01. The van der Waals surface area contributed by atoms with Crippen molar-refractivity contribution in [3.63, 3.8) is 0 Å². The van der Waals surface area contributed by atoms with Crippen LogP contribution >= 0.6 is 0 Å². The van der Waals surface area contributed by atoms with Gasteiger partial charge in [0.2, 0.25) is 5.91 Å². The Balaban J connectivity index is 1.44. The quantitative estimate of drug-likeness (QED) is 0.892. The Hall–Kier alpha value is -3.09. The summed E-state index contributed by atoms with van der Waals surface area (Å²) in [7, 11) is 0. The van der Waals surface area contributed by atoms with Gasteiger partial charge in [0.1, 0.15) is 0 Å². The van der Waals surface area contributed by atoms with E-state index in [2.05, 4.69) is 5.32 Å². The van der Waals surface area contributed by atoms with Crippen molar-refractivity contribution < 1.29 is 18.8 Å². The Labute approximate surface area is 150 Å². The Kier molecular flexibility index (Phi) is 4.20. The SMILES string of the molecule is O=C1Cc2cc(C(=O)N3CCCN(C(=O)c4ccco4)CC3)ccc2N1. The molecular formula is C19H19N3O4. The van der Waals surface area contributed by atoms with Gasteiger partial charge in [-0.2, -0.15) is 0 Å². The second kappa shape index (κ2) is 6.67. The van der Waals surface area contributed by atoms with E-state index >= 15 is 0 Å². The van der Waals surface area contributed by atoms with E-state index in [-0.39, 0.29) is 17.7 Å². The molecule has 26 heavy (non-hydrogen) atoms. The average Bonchev–Trinajstić information content (AvgIpc) is 3.23. The molecule has 7 heteroatoms. The van der Waals surface area contributed by atoms with Gasteiger partial charge in [0, 0.05) is 37.4 Å². The zero-order valence-corrected chi connectivity index (χ0v) is 14.2. The van der Waals surface area contributed by atoms with Gasteiger partial charge in [-0.1, -0.05) is 0 Å². The van der Waals surface area contributed by atoms with E-state index in [1.54, 1.807) is 40.1 Å². The number of amides is 3. The third kappa shape index (κ3) is 3.08. The van der Waals surface area contributed by atoms with Crippen LogP contribution in [0.25, 0.3) is 0 Å². The first kappa shape index (κ1) is 16.4. The molecule has 1 aromatic carbocycles. The number of fused-ring (bicyclic) bond motifs is 1. The molecule has 134 valence electrons. The number of rotatable bonds is 2. The summed E-state index contributed by atoms with van der Waals surface area (Å²) in [5, 5.41) is 2.77. The van der Waals surface area contributed by atoms with Crippen LogP contribution in [0.4, 0.5) is 5.69 Å². The fourth-order valence-corrected chi connectivity index (χ4v) is 3.42. The second-order valence-electron chi connectivity index (χ2n) is 6.51. The summed E-state index contributed by atoms with van der Waals surface area (Å²) < 4.78 is 5.18. The van der Waals surface area contributed by atoms with Crippen LogP contribution in [-0.2, 0) is 11.2 Å². The smallest absolute Gasteiger partial charge is 0.289 e. The van der Waals surface area contributed by atoms with Gasteiger partial charge >= 0.3 is 0 Å². The summed E-state index contributed by atoms with van der Waals surface area (Å²) >= 11 is 0. The molecule has 0 spiro atoms. The van der Waals surface area contributed by atoms with Crippen LogP contribution in [0.15, 0.2) is 41.0 Å². The van der Waals surface area contributed by atoms with E-state index in [1.807, 2.05) is 0 Å². The van der Waals surface area contributed by atoms with Crippen LogP contribution in [0.3, 0.4) is 0 Å². The molecule has 1 aromatic heterocycles. The molecule has 0 atom stereocenters. The van der Waals surface area contributed by atoms with Crippen molar-refractivity contribution in [2.75, 3.05) is 31.5 Å². The Morgan fingerprint density at radius 1 is 1.00 bits per heavy atom. The fourth-order valence-electron chi connectivity index (χ4n) is 3.42. The molecule has 1 N–H and O–H groups in total. The molecule has 0 bridgehead atoms. The molecule has 2 aliphatic rings. The van der Waals surface area contributed by atoms with Crippen LogP contribution in [-0.4, -0.2) is 53.7 Å². The molecule has 2 aliphatic heterocycles. The summed E-state index contributed by atoms with van der Waals surface area (Å²) in [5.74, 6) is 0.0536. The minimum atomic E-state index is -0.147. The first-order chi connectivity index (χ1) is 12.6. The number of benzene rings is 1. The Morgan fingerprint density at radius 3 is 2.50 bits per heavy atom. The van der Waals surface area contributed by atoms with Crippen LogP contribution in [0, 0.1) is 0 Å². The van der Waals surface area contributed by atoms with E-state index in [9.17, 15) is 14.4 Å². The van der Waals surface area contributed by atoms with E-state index in [0.717, 1.165) is 11.3 Å². The molecule has 7 nitrogen and oxygen atoms in total. The molecule has 2 aromatic rings. The van der Waals surface area contributed by atoms with Gasteiger partial charge in [0.05, 0.1) is 12.7 Å². The highest BCUT2D eigenvalue weighted by Crippen LogP contribution is 2.24. The second-order valence-corrected chi connectivity index (χ2v) is 6.51. The van der Waals surface area contributed by atoms with Crippen molar-refractivity contribution in [2.24, 2.45) is 0 Å². The molecule has 3 amide bonds. The standard InChI is InChI=1S/C19H19N3O4/c23-17-12-14-11-13(4-5-15(14)20-17)18(24)21-6-2-7-22(9-8-21)19(25)16-3-1-10-26-16/h1,3-5,10-11H,2,6-9,12H2,(H,20,23). The highest BCUT2D eigenvalue weighted by Gasteiger charge is 2.26. The summed E-state index contributed by atoms with van der Waals surface area (Å²) in [6.07, 6.45) is 2.50. The largest absolute Gasteiger partial charge is 0.459 e. The number of nitrogens with one attached hydrogen (secondary N) is 1. The lowest BCUT2D eigenvalue weighted by Crippen LogP contribution is -2.37. The molecule has 1 fully saturated rings. The zero-order valence-electron chi connectivity index (χ0n) is 14.2. The van der Waals surface area contributed by atoms with Gasteiger partial charge in [0.25, 0.3) is 11.8 Å². The molecule has 0 unspecified atom stereocenters. The van der Waals surface area contributed by atoms with E-state index in [4.69, 9.17) is 4.42 Å². The third-order valence-corrected chi connectivity index (χ3v) is 4.78. The predicted octanol–water partition coefficient (Wildman–Crippen LogP) is 1.76. The zero-order chi connectivity index (χ0) is 18.1. The number of furan rings is 1. The molecule has 0 radical (unpaired) electrons. The summed E-state index contributed by atoms with van der Waals surface area (Å²) in [4.78, 5) is 40.2. The highest BCUT2D eigenvalue weighted by atomic mass is 16.3. The number of carbonyl (C=O) groups excluding carboxylic acids is 3. The lowest BCUT2D eigenvalue weighted by Gasteiger charge is -2.22. The van der Waals surface area contributed by atoms with Crippen LogP contribution in [0.2, 0.25) is 0 Å². The van der Waals surface area contributed by atoms with E-state index < -0.39 is 0 Å². The number of anilines is 1. The van der Waals surface area contributed by atoms with Crippen molar-refractivity contribution in [2.45, 2.75) is 12.8 Å². The minimum absolute atomic E-state index is 0.0496. The summed E-state index contributed by atoms with van der Waals surface area (Å²) in [5.41, 5.74) is 2.20. The number of hydrogen-bond donors (Lipinski definition) is 1. The van der Waals surface area contributed by atoms with Crippen molar-refractivity contribution in [3.05, 3.63) is 53.5 Å². The maximum Gasteiger partial charge on any atom is 0.289 e. The first-order valence-electron chi connectivity index (χ1n) is 8.66. The molecule has 0 saturated carbocycles. The number of hydrogen-bond acceptors (Lipinski definition) is 4. The first-order valence-corrected chi connectivity index (χ1v) is 8.66. The van der Waals surface area contributed by atoms with Crippen molar-refractivity contribution >= 4 is 23.4 Å². The minimum Gasteiger partial charge on any atom is -0.459 e. The topological polar surface area (TPSA) is 82.9 Å². The van der Waals surface area contributed by atoms with Crippen molar-refractivity contribution in [1.29, 1.82) is 0 Å². The van der Waals surface area contributed by atoms with Crippen LogP contribution < -0.4 is 5.32 Å². The number of carbonyl (C=O) groups is 3. The van der Waals surface area contributed by atoms with Crippen molar-refractivity contribution in [3.8, 4) is 0 Å². The normalized spacial score (nSPS) is 16.8. The molecule has 4 rings (SSSR count). The van der Waals surface area contributed by atoms with Gasteiger partial charge in [-0.25, -0.2) is 0 Å². The molecule has 3 heterocycles. The van der Waals surface area contributed by atoms with Gasteiger partial charge < -0.3 is 19.5 Å². The van der Waals surface area contributed by atoms with Crippen molar-refractivity contribution in [1.82, 2.24) is 9.80 Å². The molecular weight excluding hydrogens is 334 g/mol. The predicted molar refractivity (Wildman–Crippen MR) is 93.9 cm³/mol. The van der Waals surface area contributed by atoms with Gasteiger partial charge in [-0.05, 0) is 42.3 Å². The maximum absolute atomic E-state index is 12.8. The maximum atomic E-state index is 12.8. The van der Waals surface area contributed by atoms with E-state index in [1.165, 1.54) is 6.26 Å². The molecule has 0 aliphatic carbocycles. The van der Waals surface area contributed by atoms with Gasteiger partial charge in [-0.3, -0.25) is 14.4 Å².